The van der Waals surface area contributed by atoms with E-state index in [2.05, 4.69) is 17.0 Å². The Morgan fingerprint density at radius 1 is 0.963 bits per heavy atom. The zero-order valence-electron chi connectivity index (χ0n) is 15.3. The molecule has 0 unspecified atom stereocenters. The highest BCUT2D eigenvalue weighted by Gasteiger charge is 2.26. The van der Waals surface area contributed by atoms with Crippen LogP contribution >= 0.6 is 11.8 Å². The number of amides is 1. The van der Waals surface area contributed by atoms with Gasteiger partial charge in [0.15, 0.2) is 11.6 Å². The van der Waals surface area contributed by atoms with E-state index in [0.717, 1.165) is 35.6 Å². The lowest BCUT2D eigenvalue weighted by Gasteiger charge is -2.22. The minimum Gasteiger partial charge on any atom is -0.357 e. The highest BCUT2D eigenvalue weighted by Crippen LogP contribution is 2.31. The number of anilines is 2. The molecule has 1 aliphatic rings. The second-order valence-electron chi connectivity index (χ2n) is 6.59. The van der Waals surface area contributed by atoms with Gasteiger partial charge in [-0.05, 0) is 30.7 Å². The van der Waals surface area contributed by atoms with Crippen LogP contribution in [-0.4, -0.2) is 41.8 Å². The first-order valence-corrected chi connectivity index (χ1v) is 10.2. The van der Waals surface area contributed by atoms with Crippen LogP contribution in [-0.2, 0) is 4.79 Å². The van der Waals surface area contributed by atoms with Crippen molar-refractivity contribution in [2.75, 3.05) is 35.7 Å². The van der Waals surface area contributed by atoms with E-state index in [4.69, 9.17) is 9.97 Å². The summed E-state index contributed by atoms with van der Waals surface area (Å²) in [5.41, 5.74) is 1.68. The van der Waals surface area contributed by atoms with Gasteiger partial charge in [0.2, 0.25) is 5.91 Å². The van der Waals surface area contributed by atoms with Crippen LogP contribution in [0.4, 0.5) is 11.6 Å². The van der Waals surface area contributed by atoms with Gasteiger partial charge in [0.1, 0.15) is 0 Å². The van der Waals surface area contributed by atoms with E-state index in [1.54, 1.807) is 11.8 Å². The van der Waals surface area contributed by atoms with Crippen LogP contribution in [0, 0.1) is 0 Å². The van der Waals surface area contributed by atoms with Crippen molar-refractivity contribution in [3.8, 4) is 0 Å². The number of carbonyl (C=O) groups excluding carboxylic acids is 1. The number of para-hydroxylation sites is 2. The van der Waals surface area contributed by atoms with E-state index < -0.39 is 0 Å². The molecule has 5 nitrogen and oxygen atoms in total. The molecule has 2 heterocycles. The first-order chi connectivity index (χ1) is 13.2. The maximum Gasteiger partial charge on any atom is 0.229 e. The third-order valence-corrected chi connectivity index (χ3v) is 5.67. The number of fused-ring (bicyclic) bond motifs is 2. The number of nitrogens with zero attached hydrogens (tertiary/aromatic N) is 4. The van der Waals surface area contributed by atoms with Gasteiger partial charge in [0, 0.05) is 37.2 Å². The molecule has 0 fully saturated rings. The zero-order chi connectivity index (χ0) is 18.6. The maximum absolute atomic E-state index is 13.0. The van der Waals surface area contributed by atoms with Gasteiger partial charge < -0.3 is 4.90 Å². The van der Waals surface area contributed by atoms with Crippen molar-refractivity contribution in [2.24, 2.45) is 0 Å². The van der Waals surface area contributed by atoms with Crippen LogP contribution in [0.3, 0.4) is 0 Å². The molecule has 0 aliphatic carbocycles. The molecule has 3 aromatic rings. The maximum atomic E-state index is 13.0. The van der Waals surface area contributed by atoms with E-state index >= 15 is 0 Å². The molecule has 0 saturated heterocycles. The topological polar surface area (TPSA) is 49.3 Å². The number of rotatable bonds is 4. The summed E-state index contributed by atoms with van der Waals surface area (Å²) in [5, 5.41) is 0. The van der Waals surface area contributed by atoms with Crippen molar-refractivity contribution in [3.63, 3.8) is 0 Å². The van der Waals surface area contributed by atoms with Crippen LogP contribution in [0.25, 0.3) is 11.0 Å². The standard InChI is InChI=1S/C21H22N4OS/c1-24-13-7-14-25(19(26)12-15-27-16-8-3-2-4-9-16)21-20(24)22-17-10-5-6-11-18(17)23-21/h2-6,8-11H,7,12-15H2,1H3. The molecule has 1 amide bonds. The molecule has 0 atom stereocenters. The van der Waals surface area contributed by atoms with Gasteiger partial charge in [-0.25, -0.2) is 9.97 Å². The highest BCUT2D eigenvalue weighted by atomic mass is 32.2. The monoisotopic (exact) mass is 378 g/mol. The molecule has 0 spiro atoms. The molecule has 2 aromatic carbocycles. The summed E-state index contributed by atoms with van der Waals surface area (Å²) < 4.78 is 0. The summed E-state index contributed by atoms with van der Waals surface area (Å²) in [6.45, 7) is 1.54. The molecule has 0 bridgehead atoms. The molecule has 27 heavy (non-hydrogen) atoms. The Bertz CT molecular complexity index is 947. The summed E-state index contributed by atoms with van der Waals surface area (Å²) in [5.74, 6) is 2.34. The van der Waals surface area contributed by atoms with Gasteiger partial charge in [0.25, 0.3) is 0 Å². The lowest BCUT2D eigenvalue weighted by molar-refractivity contribution is -0.118. The summed E-state index contributed by atoms with van der Waals surface area (Å²) in [6.07, 6.45) is 1.39. The predicted molar refractivity (Wildman–Crippen MR) is 112 cm³/mol. The second kappa shape index (κ2) is 7.96. The summed E-state index contributed by atoms with van der Waals surface area (Å²) >= 11 is 1.71. The molecule has 4 rings (SSSR count). The van der Waals surface area contributed by atoms with Crippen LogP contribution in [0.1, 0.15) is 12.8 Å². The van der Waals surface area contributed by atoms with Gasteiger partial charge in [-0.1, -0.05) is 30.3 Å². The normalized spacial score (nSPS) is 14.1. The second-order valence-corrected chi connectivity index (χ2v) is 7.76. The van der Waals surface area contributed by atoms with Crippen LogP contribution in [0.5, 0.6) is 0 Å². The van der Waals surface area contributed by atoms with Gasteiger partial charge in [-0.3, -0.25) is 9.69 Å². The Morgan fingerprint density at radius 3 is 2.37 bits per heavy atom. The van der Waals surface area contributed by atoms with E-state index in [9.17, 15) is 4.79 Å². The lowest BCUT2D eigenvalue weighted by Crippen LogP contribution is -2.32. The fourth-order valence-electron chi connectivity index (χ4n) is 3.25. The van der Waals surface area contributed by atoms with Gasteiger partial charge >= 0.3 is 0 Å². The molecular formula is C21H22N4OS. The summed E-state index contributed by atoms with van der Waals surface area (Å²) in [7, 11) is 2.02. The van der Waals surface area contributed by atoms with E-state index in [0.29, 0.717) is 18.8 Å². The molecule has 138 valence electrons. The Kier molecular flexibility index (Phi) is 5.25. The average molecular weight is 379 g/mol. The number of hydrogen-bond acceptors (Lipinski definition) is 5. The molecule has 0 N–H and O–H groups in total. The summed E-state index contributed by atoms with van der Waals surface area (Å²) in [6, 6.07) is 18.0. The first-order valence-electron chi connectivity index (χ1n) is 9.18. The number of thioether (sulfide) groups is 1. The average Bonchev–Trinajstić information content (AvgIpc) is 2.86. The largest absolute Gasteiger partial charge is 0.357 e. The minimum absolute atomic E-state index is 0.111. The predicted octanol–water partition coefficient (Wildman–Crippen LogP) is 3.99. The smallest absolute Gasteiger partial charge is 0.229 e. The van der Waals surface area contributed by atoms with Gasteiger partial charge in [-0.2, -0.15) is 0 Å². The number of benzene rings is 2. The molecule has 1 aromatic heterocycles. The third-order valence-electron chi connectivity index (χ3n) is 4.66. The van der Waals surface area contributed by atoms with Crippen LogP contribution in [0.15, 0.2) is 59.5 Å². The van der Waals surface area contributed by atoms with E-state index in [-0.39, 0.29) is 5.91 Å². The summed E-state index contributed by atoms with van der Waals surface area (Å²) in [4.78, 5) is 27.7. The fourth-order valence-corrected chi connectivity index (χ4v) is 4.11. The zero-order valence-corrected chi connectivity index (χ0v) is 16.2. The number of carbonyl (C=O) groups is 1. The molecule has 0 radical (unpaired) electrons. The Morgan fingerprint density at radius 2 is 1.63 bits per heavy atom. The van der Waals surface area contributed by atoms with Crippen LogP contribution in [0.2, 0.25) is 0 Å². The molecule has 6 heteroatoms. The van der Waals surface area contributed by atoms with E-state index in [1.165, 1.54) is 4.90 Å². The number of aromatic nitrogens is 2. The van der Waals surface area contributed by atoms with Crippen molar-refractivity contribution >= 4 is 40.3 Å². The molecule has 1 aliphatic heterocycles. The SMILES string of the molecule is CN1CCCN(C(=O)CCSc2ccccc2)c2nc3ccccc3nc21. The Balaban J connectivity index is 1.56. The first kappa shape index (κ1) is 17.8. The third kappa shape index (κ3) is 3.90. The molecule has 0 saturated carbocycles. The van der Waals surface area contributed by atoms with E-state index in [1.807, 2.05) is 54.4 Å². The molecular weight excluding hydrogens is 356 g/mol. The number of hydrogen-bond donors (Lipinski definition) is 0. The highest BCUT2D eigenvalue weighted by molar-refractivity contribution is 7.99. The van der Waals surface area contributed by atoms with Crippen molar-refractivity contribution in [3.05, 3.63) is 54.6 Å². The van der Waals surface area contributed by atoms with Crippen molar-refractivity contribution in [1.29, 1.82) is 0 Å². The van der Waals surface area contributed by atoms with Crippen LogP contribution < -0.4 is 9.80 Å². The van der Waals surface area contributed by atoms with Gasteiger partial charge in [-0.15, -0.1) is 11.8 Å². The minimum atomic E-state index is 0.111. The van der Waals surface area contributed by atoms with Crippen molar-refractivity contribution < 1.29 is 4.79 Å². The lowest BCUT2D eigenvalue weighted by atomic mass is 10.3. The Labute approximate surface area is 163 Å². The van der Waals surface area contributed by atoms with Crippen molar-refractivity contribution in [1.82, 2.24) is 9.97 Å². The van der Waals surface area contributed by atoms with Gasteiger partial charge in [0.05, 0.1) is 11.0 Å². The van der Waals surface area contributed by atoms with Crippen molar-refractivity contribution in [2.45, 2.75) is 17.7 Å². The quantitative estimate of drug-likeness (QED) is 0.643. The Hall–Kier alpha value is -2.60. The fraction of sp³-hybridized carbons (Fsp3) is 0.286.